The lowest BCUT2D eigenvalue weighted by atomic mass is 10.0. The van der Waals surface area contributed by atoms with Crippen LogP contribution in [0.3, 0.4) is 0 Å². The molecule has 1 aliphatic rings. The highest BCUT2D eigenvalue weighted by Gasteiger charge is 2.35. The van der Waals surface area contributed by atoms with Crippen LogP contribution in [0.15, 0.2) is 108 Å². The second kappa shape index (κ2) is 15.6. The van der Waals surface area contributed by atoms with E-state index in [0.29, 0.717) is 31.3 Å². The molecule has 9 nitrogen and oxygen atoms in total. The summed E-state index contributed by atoms with van der Waals surface area (Å²) in [5.74, 6) is 0.0760. The number of aryl methyl sites for hydroxylation is 1. The Balaban J connectivity index is 1.57. The largest absolute Gasteiger partial charge is 0.486 e. The van der Waals surface area contributed by atoms with E-state index in [1.54, 1.807) is 36.4 Å². The molecule has 47 heavy (non-hydrogen) atoms. The summed E-state index contributed by atoms with van der Waals surface area (Å²) in [5.41, 5.74) is 2.96. The van der Waals surface area contributed by atoms with Crippen LogP contribution < -0.4 is 19.1 Å². The Hall–Kier alpha value is -4.83. The van der Waals surface area contributed by atoms with Crippen molar-refractivity contribution in [1.29, 1.82) is 0 Å². The Bertz CT molecular complexity index is 1770. The summed E-state index contributed by atoms with van der Waals surface area (Å²) in [6.07, 6.45) is 1.95. The summed E-state index contributed by atoms with van der Waals surface area (Å²) >= 11 is 0. The maximum absolute atomic E-state index is 14.6. The second-order valence-corrected chi connectivity index (χ2v) is 13.4. The van der Waals surface area contributed by atoms with Crippen LogP contribution in [0.4, 0.5) is 5.69 Å². The number of ether oxygens (including phenoxy) is 2. The number of hydrogen-bond acceptors (Lipinski definition) is 6. The van der Waals surface area contributed by atoms with Crippen molar-refractivity contribution in [2.75, 3.05) is 30.6 Å². The smallest absolute Gasteiger partial charge is 0.264 e. The van der Waals surface area contributed by atoms with Gasteiger partial charge in [0.05, 0.1) is 10.6 Å². The Morgan fingerprint density at radius 2 is 1.51 bits per heavy atom. The second-order valence-electron chi connectivity index (χ2n) is 11.5. The highest BCUT2D eigenvalue weighted by Crippen LogP contribution is 2.36. The van der Waals surface area contributed by atoms with Gasteiger partial charge in [-0.2, -0.15) is 0 Å². The van der Waals surface area contributed by atoms with Gasteiger partial charge in [0.15, 0.2) is 11.5 Å². The summed E-state index contributed by atoms with van der Waals surface area (Å²) in [6.45, 7) is 4.74. The molecule has 246 valence electrons. The Labute approximate surface area is 277 Å². The van der Waals surface area contributed by atoms with Crippen LogP contribution in [0.25, 0.3) is 0 Å². The van der Waals surface area contributed by atoms with Crippen LogP contribution in [-0.4, -0.2) is 57.5 Å². The van der Waals surface area contributed by atoms with Gasteiger partial charge < -0.3 is 19.7 Å². The standard InChI is InChI=1S/C37H41N3O6S/c1-3-4-20-38-37(42)33(24-29-13-7-5-8-14-29)39(26-30-15-11-12-28(2)23-30)36(41)27-40(47(43,44)32-16-9-6-10-17-32)31-18-19-34-35(25-31)46-22-21-45-34/h5-19,23,25,33H,3-4,20-22,24,26-27H2,1-2H3,(H,38,42). The number of hydrogen-bond donors (Lipinski definition) is 1. The Morgan fingerprint density at radius 1 is 0.830 bits per heavy atom. The maximum Gasteiger partial charge on any atom is 0.264 e. The molecule has 0 bridgehead atoms. The quantitative estimate of drug-likeness (QED) is 0.180. The highest BCUT2D eigenvalue weighted by molar-refractivity contribution is 7.92. The van der Waals surface area contributed by atoms with Crippen molar-refractivity contribution < 1.29 is 27.5 Å². The highest BCUT2D eigenvalue weighted by atomic mass is 32.2. The Morgan fingerprint density at radius 3 is 2.21 bits per heavy atom. The molecule has 1 atom stereocenters. The van der Waals surface area contributed by atoms with Gasteiger partial charge in [-0.3, -0.25) is 13.9 Å². The molecular weight excluding hydrogens is 614 g/mol. The monoisotopic (exact) mass is 655 g/mol. The number of unbranched alkanes of at least 4 members (excludes halogenated alkanes) is 1. The van der Waals surface area contributed by atoms with Crippen molar-refractivity contribution in [3.05, 3.63) is 120 Å². The predicted octanol–water partition coefficient (Wildman–Crippen LogP) is 5.52. The van der Waals surface area contributed by atoms with E-state index in [-0.39, 0.29) is 29.5 Å². The fourth-order valence-electron chi connectivity index (χ4n) is 5.50. The van der Waals surface area contributed by atoms with Crippen LogP contribution in [0, 0.1) is 6.92 Å². The summed E-state index contributed by atoms with van der Waals surface area (Å²) < 4.78 is 41.0. The summed E-state index contributed by atoms with van der Waals surface area (Å²) in [4.78, 5) is 30.1. The zero-order chi connectivity index (χ0) is 33.2. The lowest BCUT2D eigenvalue weighted by molar-refractivity contribution is -0.140. The van der Waals surface area contributed by atoms with Gasteiger partial charge in [-0.05, 0) is 48.7 Å². The third-order valence-electron chi connectivity index (χ3n) is 7.96. The van der Waals surface area contributed by atoms with Crippen LogP contribution in [0.5, 0.6) is 11.5 Å². The van der Waals surface area contributed by atoms with E-state index < -0.39 is 28.5 Å². The number of carbonyl (C=O) groups is 2. The number of anilines is 1. The first kappa shape index (κ1) is 33.5. The summed E-state index contributed by atoms with van der Waals surface area (Å²) in [6, 6.07) is 29.2. The molecule has 0 saturated heterocycles. The molecule has 0 aliphatic carbocycles. The molecular formula is C37H41N3O6S. The zero-order valence-electron chi connectivity index (χ0n) is 26.8. The molecule has 0 radical (unpaired) electrons. The first-order valence-corrected chi connectivity index (χ1v) is 17.3. The van der Waals surface area contributed by atoms with E-state index in [0.717, 1.165) is 33.8 Å². The van der Waals surface area contributed by atoms with Crippen molar-refractivity contribution in [3.8, 4) is 11.5 Å². The molecule has 0 spiro atoms. The van der Waals surface area contributed by atoms with Crippen molar-refractivity contribution in [2.45, 2.75) is 50.6 Å². The Kier molecular flexibility index (Phi) is 11.2. The van der Waals surface area contributed by atoms with Gasteiger partial charge in [-0.25, -0.2) is 8.42 Å². The molecule has 1 heterocycles. The topological polar surface area (TPSA) is 105 Å². The van der Waals surface area contributed by atoms with Gasteiger partial charge in [0.1, 0.15) is 25.8 Å². The lowest BCUT2D eigenvalue weighted by Crippen LogP contribution is -2.53. The number of nitrogens with zero attached hydrogens (tertiary/aromatic N) is 2. The molecule has 0 saturated carbocycles. The van der Waals surface area contributed by atoms with Gasteiger partial charge >= 0.3 is 0 Å². The van der Waals surface area contributed by atoms with E-state index in [4.69, 9.17) is 9.47 Å². The first-order valence-electron chi connectivity index (χ1n) is 15.9. The lowest BCUT2D eigenvalue weighted by Gasteiger charge is -2.34. The number of rotatable bonds is 14. The SMILES string of the molecule is CCCCNC(=O)C(Cc1ccccc1)N(Cc1cccc(C)c1)C(=O)CN(c1ccc2c(c1)OCCO2)S(=O)(=O)c1ccccc1. The number of carbonyl (C=O) groups excluding carboxylic acids is 2. The third-order valence-corrected chi connectivity index (χ3v) is 9.75. The van der Waals surface area contributed by atoms with Gasteiger partial charge in [0, 0.05) is 25.6 Å². The summed E-state index contributed by atoms with van der Waals surface area (Å²) in [5, 5.41) is 3.02. The van der Waals surface area contributed by atoms with Crippen molar-refractivity contribution in [3.63, 3.8) is 0 Å². The number of fused-ring (bicyclic) bond motifs is 1. The fourth-order valence-corrected chi connectivity index (χ4v) is 6.93. The molecule has 0 fully saturated rings. The molecule has 4 aromatic carbocycles. The van der Waals surface area contributed by atoms with Gasteiger partial charge in [-0.1, -0.05) is 91.7 Å². The molecule has 5 rings (SSSR count). The van der Waals surface area contributed by atoms with E-state index in [9.17, 15) is 18.0 Å². The van der Waals surface area contributed by atoms with E-state index in [2.05, 4.69) is 5.32 Å². The number of benzene rings is 4. The van der Waals surface area contributed by atoms with Crippen molar-refractivity contribution in [1.82, 2.24) is 10.2 Å². The van der Waals surface area contributed by atoms with E-state index in [1.807, 2.05) is 68.4 Å². The minimum absolute atomic E-state index is 0.0334. The third kappa shape index (κ3) is 8.51. The number of sulfonamides is 1. The zero-order valence-corrected chi connectivity index (χ0v) is 27.6. The summed E-state index contributed by atoms with van der Waals surface area (Å²) in [7, 11) is -4.22. The normalized spacial score (nSPS) is 13.0. The molecule has 4 aromatic rings. The maximum atomic E-state index is 14.6. The van der Waals surface area contributed by atoms with Crippen molar-refractivity contribution in [2.24, 2.45) is 0 Å². The number of nitrogens with one attached hydrogen (secondary N) is 1. The molecule has 1 aliphatic heterocycles. The predicted molar refractivity (Wildman–Crippen MR) is 182 cm³/mol. The molecule has 1 unspecified atom stereocenters. The van der Waals surface area contributed by atoms with E-state index >= 15 is 0 Å². The number of amides is 2. The fraction of sp³-hybridized carbons (Fsp3) is 0.297. The van der Waals surface area contributed by atoms with E-state index in [1.165, 1.54) is 17.0 Å². The van der Waals surface area contributed by atoms with Crippen LogP contribution >= 0.6 is 0 Å². The van der Waals surface area contributed by atoms with Gasteiger partial charge in [-0.15, -0.1) is 0 Å². The molecule has 10 heteroatoms. The average molecular weight is 656 g/mol. The first-order chi connectivity index (χ1) is 22.8. The van der Waals surface area contributed by atoms with Crippen LogP contribution in [0.1, 0.15) is 36.5 Å². The average Bonchev–Trinajstić information content (AvgIpc) is 3.09. The molecule has 2 amide bonds. The molecule has 0 aromatic heterocycles. The minimum Gasteiger partial charge on any atom is -0.486 e. The van der Waals surface area contributed by atoms with Crippen LogP contribution in [0.2, 0.25) is 0 Å². The molecule has 1 N–H and O–H groups in total. The minimum atomic E-state index is -4.22. The van der Waals surface area contributed by atoms with Crippen molar-refractivity contribution >= 4 is 27.5 Å². The van der Waals surface area contributed by atoms with Gasteiger partial charge in [0.2, 0.25) is 11.8 Å². The van der Waals surface area contributed by atoms with Gasteiger partial charge in [0.25, 0.3) is 10.0 Å². The van der Waals surface area contributed by atoms with Crippen LogP contribution in [-0.2, 0) is 32.6 Å².